The number of hydrogen-bond donors (Lipinski definition) is 0. The second-order valence-corrected chi connectivity index (χ2v) is 4.23. The van der Waals surface area contributed by atoms with Crippen molar-refractivity contribution in [3.63, 3.8) is 0 Å². The molecule has 1 aromatic heterocycles. The van der Waals surface area contributed by atoms with Crippen molar-refractivity contribution in [2.75, 3.05) is 0 Å². The van der Waals surface area contributed by atoms with Gasteiger partial charge in [0.25, 0.3) is 0 Å². The summed E-state index contributed by atoms with van der Waals surface area (Å²) in [5.74, 6) is 0.263. The number of benzene rings is 1. The van der Waals surface area contributed by atoms with Crippen LogP contribution in [0.25, 0.3) is 11.0 Å². The average molecular weight is 216 g/mol. The third kappa shape index (κ3) is 2.30. The number of aromatic nitrogens is 2. The number of aryl methyl sites for hydroxylation is 2. The molecule has 0 amide bonds. The monoisotopic (exact) mass is 216 g/mol. The van der Waals surface area contributed by atoms with Crippen LogP contribution in [0.15, 0.2) is 24.5 Å². The Balaban J connectivity index is 2.11. The minimum atomic E-state index is 0.263. The van der Waals surface area contributed by atoms with E-state index in [-0.39, 0.29) is 5.78 Å². The summed E-state index contributed by atoms with van der Waals surface area (Å²) in [6.45, 7) is 1.64. The number of Topliss-reactive ketones (excluding diaryl/α,β-unsaturated/α-hetero) is 1. The number of imidazole rings is 1. The van der Waals surface area contributed by atoms with Gasteiger partial charge in [0.2, 0.25) is 0 Å². The molecule has 3 nitrogen and oxygen atoms in total. The smallest absolute Gasteiger partial charge is 0.129 e. The summed E-state index contributed by atoms with van der Waals surface area (Å²) < 4.78 is 2.01. The van der Waals surface area contributed by atoms with Crippen molar-refractivity contribution in [1.82, 2.24) is 9.55 Å². The number of nitrogens with zero attached hydrogens (tertiary/aromatic N) is 2. The summed E-state index contributed by atoms with van der Waals surface area (Å²) in [4.78, 5) is 15.2. The number of rotatable bonds is 4. The largest absolute Gasteiger partial charge is 0.334 e. The molecule has 0 N–H and O–H groups in total. The van der Waals surface area contributed by atoms with E-state index in [1.807, 2.05) is 17.9 Å². The van der Waals surface area contributed by atoms with Gasteiger partial charge in [-0.3, -0.25) is 0 Å². The number of fused-ring (bicyclic) bond motifs is 1. The Kier molecular flexibility index (Phi) is 3.04. The van der Waals surface area contributed by atoms with Gasteiger partial charge in [0, 0.05) is 13.5 Å². The quantitative estimate of drug-likeness (QED) is 0.787. The molecule has 0 aliphatic rings. The molecule has 0 bridgehead atoms. The van der Waals surface area contributed by atoms with E-state index < -0.39 is 0 Å². The maximum absolute atomic E-state index is 10.8. The summed E-state index contributed by atoms with van der Waals surface area (Å²) >= 11 is 0. The van der Waals surface area contributed by atoms with Crippen molar-refractivity contribution in [2.24, 2.45) is 7.05 Å². The van der Waals surface area contributed by atoms with E-state index in [9.17, 15) is 4.79 Å². The van der Waals surface area contributed by atoms with E-state index in [1.54, 1.807) is 6.92 Å². The zero-order valence-electron chi connectivity index (χ0n) is 9.73. The van der Waals surface area contributed by atoms with Gasteiger partial charge in [0.05, 0.1) is 17.4 Å². The van der Waals surface area contributed by atoms with Crippen molar-refractivity contribution in [2.45, 2.75) is 26.2 Å². The minimum absolute atomic E-state index is 0.263. The van der Waals surface area contributed by atoms with Gasteiger partial charge in [-0.25, -0.2) is 4.98 Å². The van der Waals surface area contributed by atoms with E-state index >= 15 is 0 Å². The molecule has 3 heteroatoms. The Labute approximate surface area is 95.1 Å². The van der Waals surface area contributed by atoms with Crippen LogP contribution in [0.3, 0.4) is 0 Å². The van der Waals surface area contributed by atoms with Crippen molar-refractivity contribution in [3.05, 3.63) is 30.1 Å². The highest BCUT2D eigenvalue weighted by Crippen LogP contribution is 2.15. The lowest BCUT2D eigenvalue weighted by atomic mass is 10.1. The molecular formula is C13H16N2O. The van der Waals surface area contributed by atoms with Crippen LogP contribution in [0.4, 0.5) is 0 Å². The second-order valence-electron chi connectivity index (χ2n) is 4.23. The topological polar surface area (TPSA) is 34.9 Å². The molecule has 0 aliphatic carbocycles. The van der Waals surface area contributed by atoms with Gasteiger partial charge < -0.3 is 9.36 Å². The molecule has 0 saturated carbocycles. The van der Waals surface area contributed by atoms with E-state index in [0.29, 0.717) is 6.42 Å². The number of carbonyl (C=O) groups is 1. The fourth-order valence-electron chi connectivity index (χ4n) is 1.88. The lowest BCUT2D eigenvalue weighted by molar-refractivity contribution is -0.117. The Hall–Kier alpha value is -1.64. The highest BCUT2D eigenvalue weighted by atomic mass is 16.1. The molecule has 0 saturated heterocycles. The van der Waals surface area contributed by atoms with Gasteiger partial charge >= 0.3 is 0 Å². The van der Waals surface area contributed by atoms with Crippen LogP contribution in [-0.4, -0.2) is 15.3 Å². The number of ketones is 1. The Morgan fingerprint density at radius 1 is 1.44 bits per heavy atom. The molecule has 84 valence electrons. The molecule has 2 aromatic rings. The number of carbonyl (C=O) groups excluding carboxylic acids is 1. The summed E-state index contributed by atoms with van der Waals surface area (Å²) in [7, 11) is 1.99. The highest BCUT2D eigenvalue weighted by Gasteiger charge is 2.01. The Morgan fingerprint density at radius 2 is 2.25 bits per heavy atom. The molecular weight excluding hydrogens is 200 g/mol. The molecule has 0 aliphatic heterocycles. The van der Waals surface area contributed by atoms with Gasteiger partial charge in [-0.15, -0.1) is 0 Å². The fraction of sp³-hybridized carbons (Fsp3) is 0.385. The van der Waals surface area contributed by atoms with Crippen LogP contribution in [0, 0.1) is 0 Å². The molecule has 0 spiro atoms. The van der Waals surface area contributed by atoms with E-state index in [1.165, 1.54) is 5.56 Å². The van der Waals surface area contributed by atoms with Crippen molar-refractivity contribution < 1.29 is 4.79 Å². The van der Waals surface area contributed by atoms with Gasteiger partial charge in [-0.05, 0) is 37.5 Å². The van der Waals surface area contributed by atoms with Crippen LogP contribution >= 0.6 is 0 Å². The van der Waals surface area contributed by atoms with Crippen LogP contribution in [0.2, 0.25) is 0 Å². The normalized spacial score (nSPS) is 10.9. The Morgan fingerprint density at radius 3 is 3.00 bits per heavy atom. The van der Waals surface area contributed by atoms with E-state index in [0.717, 1.165) is 23.9 Å². The summed E-state index contributed by atoms with van der Waals surface area (Å²) in [5.41, 5.74) is 3.44. The first kappa shape index (κ1) is 10.9. The zero-order valence-corrected chi connectivity index (χ0v) is 9.73. The van der Waals surface area contributed by atoms with Crippen molar-refractivity contribution in [3.8, 4) is 0 Å². The molecule has 1 aromatic carbocycles. The van der Waals surface area contributed by atoms with Crippen molar-refractivity contribution >= 4 is 16.8 Å². The highest BCUT2D eigenvalue weighted by molar-refractivity contribution is 5.76. The molecule has 0 unspecified atom stereocenters. The van der Waals surface area contributed by atoms with E-state index in [2.05, 4.69) is 23.2 Å². The molecule has 16 heavy (non-hydrogen) atoms. The lowest BCUT2D eigenvalue weighted by Gasteiger charge is -2.00. The van der Waals surface area contributed by atoms with Crippen LogP contribution in [-0.2, 0) is 18.3 Å². The standard InChI is InChI=1S/C13H16N2O/c1-10(16)4-3-5-11-6-7-13-12(8-11)14-9-15(13)2/h6-9H,3-5H2,1-2H3. The SMILES string of the molecule is CC(=O)CCCc1ccc2c(c1)ncn2C. The molecule has 2 rings (SSSR count). The maximum Gasteiger partial charge on any atom is 0.129 e. The predicted octanol–water partition coefficient (Wildman–Crippen LogP) is 2.49. The lowest BCUT2D eigenvalue weighted by Crippen LogP contribution is -1.92. The summed E-state index contributed by atoms with van der Waals surface area (Å²) in [6.07, 6.45) is 4.37. The minimum Gasteiger partial charge on any atom is -0.334 e. The number of hydrogen-bond acceptors (Lipinski definition) is 2. The Bertz CT molecular complexity index is 514. The van der Waals surface area contributed by atoms with Crippen LogP contribution < -0.4 is 0 Å². The first-order chi connectivity index (χ1) is 7.66. The third-order valence-corrected chi connectivity index (χ3v) is 2.78. The summed E-state index contributed by atoms with van der Waals surface area (Å²) in [6, 6.07) is 6.31. The fourth-order valence-corrected chi connectivity index (χ4v) is 1.88. The maximum atomic E-state index is 10.8. The average Bonchev–Trinajstić information content (AvgIpc) is 2.60. The summed E-state index contributed by atoms with van der Waals surface area (Å²) in [5, 5.41) is 0. The van der Waals surface area contributed by atoms with Gasteiger partial charge in [-0.2, -0.15) is 0 Å². The molecule has 0 atom stereocenters. The van der Waals surface area contributed by atoms with Gasteiger partial charge in [0.15, 0.2) is 0 Å². The van der Waals surface area contributed by atoms with Crippen molar-refractivity contribution in [1.29, 1.82) is 0 Å². The first-order valence-electron chi connectivity index (χ1n) is 5.56. The zero-order chi connectivity index (χ0) is 11.5. The molecule has 1 heterocycles. The van der Waals surface area contributed by atoms with Crippen LogP contribution in [0.5, 0.6) is 0 Å². The predicted molar refractivity (Wildman–Crippen MR) is 64.3 cm³/mol. The van der Waals surface area contributed by atoms with Gasteiger partial charge in [0.1, 0.15) is 5.78 Å². The second kappa shape index (κ2) is 4.47. The van der Waals surface area contributed by atoms with Gasteiger partial charge in [-0.1, -0.05) is 6.07 Å². The van der Waals surface area contributed by atoms with Crippen LogP contribution in [0.1, 0.15) is 25.3 Å². The molecule has 0 radical (unpaired) electrons. The third-order valence-electron chi connectivity index (χ3n) is 2.78. The first-order valence-corrected chi connectivity index (χ1v) is 5.56. The molecule has 0 fully saturated rings. The van der Waals surface area contributed by atoms with E-state index in [4.69, 9.17) is 0 Å².